The van der Waals surface area contributed by atoms with Crippen molar-refractivity contribution < 1.29 is 14.3 Å². The van der Waals surface area contributed by atoms with Crippen molar-refractivity contribution in [3.05, 3.63) is 69.7 Å². The van der Waals surface area contributed by atoms with Crippen LogP contribution in [0.1, 0.15) is 29.2 Å². The number of hydrogen-bond acceptors (Lipinski definition) is 5. The number of hydrazone groups is 1. The number of amides is 1. The summed E-state index contributed by atoms with van der Waals surface area (Å²) in [4.78, 5) is 24.1. The van der Waals surface area contributed by atoms with Crippen molar-refractivity contribution in [3.63, 3.8) is 0 Å². The van der Waals surface area contributed by atoms with Gasteiger partial charge in [-0.15, -0.1) is 11.8 Å². The third kappa shape index (κ3) is 5.02. The van der Waals surface area contributed by atoms with Gasteiger partial charge >= 0.3 is 5.97 Å². The number of ether oxygens (including phenoxy) is 1. The Kier molecular flexibility index (Phi) is 6.91. The first-order valence-electron chi connectivity index (χ1n) is 8.84. The Morgan fingerprint density at radius 3 is 2.46 bits per heavy atom. The highest BCUT2D eigenvalue weighted by molar-refractivity contribution is 9.10. The molecule has 2 aromatic carbocycles. The number of thioether (sulfide) groups is 1. The Hall–Kier alpha value is -2.12. The zero-order chi connectivity index (χ0) is 20.1. The van der Waals surface area contributed by atoms with Crippen LogP contribution in [-0.2, 0) is 14.3 Å². The van der Waals surface area contributed by atoms with E-state index in [2.05, 4.69) is 25.8 Å². The van der Waals surface area contributed by atoms with Crippen LogP contribution < -0.4 is 0 Å². The summed E-state index contributed by atoms with van der Waals surface area (Å²) < 4.78 is 5.62. The maximum Gasteiger partial charge on any atom is 0.315 e. The summed E-state index contributed by atoms with van der Waals surface area (Å²) >= 11 is 4.68. The molecule has 0 spiro atoms. The van der Waals surface area contributed by atoms with Crippen LogP contribution in [0.15, 0.2) is 58.1 Å². The first-order valence-corrected chi connectivity index (χ1v) is 10.8. The van der Waals surface area contributed by atoms with Gasteiger partial charge in [0.05, 0.1) is 30.4 Å². The fourth-order valence-electron chi connectivity index (χ4n) is 2.95. The number of aryl methyl sites for hydroxylation is 1. The molecule has 7 heteroatoms. The number of carbonyl (C=O) groups is 2. The minimum absolute atomic E-state index is 0.119. The molecule has 1 amide bonds. The Balaban J connectivity index is 1.81. The van der Waals surface area contributed by atoms with E-state index in [1.165, 1.54) is 24.4 Å². The maximum absolute atomic E-state index is 12.8. The minimum Gasteiger partial charge on any atom is -0.468 e. The Labute approximate surface area is 177 Å². The predicted octanol–water partition coefficient (Wildman–Crippen LogP) is 4.34. The summed E-state index contributed by atoms with van der Waals surface area (Å²) in [5.41, 5.74) is 4.09. The number of halogens is 1. The molecule has 0 aliphatic carbocycles. The van der Waals surface area contributed by atoms with Gasteiger partial charge in [-0.2, -0.15) is 5.10 Å². The van der Waals surface area contributed by atoms with Crippen molar-refractivity contribution in [1.82, 2.24) is 5.01 Å². The first kappa shape index (κ1) is 20.6. The highest BCUT2D eigenvalue weighted by Crippen LogP contribution is 2.33. The third-order valence-electron chi connectivity index (χ3n) is 4.48. The van der Waals surface area contributed by atoms with E-state index in [1.807, 2.05) is 55.5 Å². The summed E-state index contributed by atoms with van der Waals surface area (Å²) in [6, 6.07) is 16.0. The molecule has 2 aromatic rings. The molecule has 146 valence electrons. The molecule has 0 N–H and O–H groups in total. The molecule has 28 heavy (non-hydrogen) atoms. The van der Waals surface area contributed by atoms with E-state index in [4.69, 9.17) is 0 Å². The summed E-state index contributed by atoms with van der Waals surface area (Å²) in [6.07, 6.45) is 0.651. The van der Waals surface area contributed by atoms with E-state index in [-0.39, 0.29) is 29.4 Å². The van der Waals surface area contributed by atoms with Crippen molar-refractivity contribution in [2.75, 3.05) is 18.6 Å². The van der Waals surface area contributed by atoms with Crippen LogP contribution in [0.3, 0.4) is 0 Å². The van der Waals surface area contributed by atoms with Gasteiger partial charge in [0, 0.05) is 10.9 Å². The Morgan fingerprint density at radius 2 is 1.82 bits per heavy atom. The first-order chi connectivity index (χ1) is 13.5. The van der Waals surface area contributed by atoms with Gasteiger partial charge in [0.15, 0.2) is 0 Å². The second kappa shape index (κ2) is 9.39. The molecule has 0 unspecified atom stereocenters. The summed E-state index contributed by atoms with van der Waals surface area (Å²) in [6.45, 7) is 2.04. The van der Waals surface area contributed by atoms with Crippen LogP contribution in [0.2, 0.25) is 0 Å². The average Bonchev–Trinajstić information content (AvgIpc) is 3.14. The monoisotopic (exact) mass is 460 g/mol. The van der Waals surface area contributed by atoms with Crippen LogP contribution in [0.5, 0.6) is 0 Å². The Bertz CT molecular complexity index is 882. The number of carbonyl (C=O) groups excluding carboxylic acids is 2. The highest BCUT2D eigenvalue weighted by Gasteiger charge is 2.32. The van der Waals surface area contributed by atoms with E-state index in [1.54, 1.807) is 5.01 Å². The molecule has 3 rings (SSSR count). The lowest BCUT2D eigenvalue weighted by molar-refractivity contribution is -0.137. The van der Waals surface area contributed by atoms with Gasteiger partial charge in [-0.3, -0.25) is 9.59 Å². The summed E-state index contributed by atoms with van der Waals surface area (Å²) in [7, 11) is 1.34. The quantitative estimate of drug-likeness (QED) is 0.601. The number of esters is 1. The lowest BCUT2D eigenvalue weighted by atomic mass is 9.98. The maximum atomic E-state index is 12.8. The molecule has 0 bridgehead atoms. The Morgan fingerprint density at radius 1 is 1.14 bits per heavy atom. The lowest BCUT2D eigenvalue weighted by Crippen LogP contribution is -2.29. The van der Waals surface area contributed by atoms with Crippen molar-refractivity contribution in [1.29, 1.82) is 0 Å². The molecule has 0 saturated carbocycles. The fourth-order valence-corrected chi connectivity index (χ4v) is 3.91. The highest BCUT2D eigenvalue weighted by atomic mass is 79.9. The van der Waals surface area contributed by atoms with Gasteiger partial charge in [0.25, 0.3) is 5.91 Å². The molecule has 0 aromatic heterocycles. The zero-order valence-corrected chi connectivity index (χ0v) is 18.1. The smallest absolute Gasteiger partial charge is 0.315 e. The lowest BCUT2D eigenvalue weighted by Gasteiger charge is -2.22. The van der Waals surface area contributed by atoms with Crippen molar-refractivity contribution in [2.24, 2.45) is 5.10 Å². The van der Waals surface area contributed by atoms with Crippen LogP contribution in [0.4, 0.5) is 0 Å². The largest absolute Gasteiger partial charge is 0.468 e. The molecule has 5 nitrogen and oxygen atoms in total. The molecule has 0 radical (unpaired) electrons. The molecule has 0 saturated heterocycles. The van der Waals surface area contributed by atoms with Gasteiger partial charge in [-0.25, -0.2) is 5.01 Å². The number of methoxy groups -OCH3 is 1. The number of hydrogen-bond donors (Lipinski definition) is 0. The average molecular weight is 461 g/mol. The topological polar surface area (TPSA) is 59.0 Å². The van der Waals surface area contributed by atoms with Crippen LogP contribution >= 0.6 is 27.7 Å². The predicted molar refractivity (Wildman–Crippen MR) is 115 cm³/mol. The van der Waals surface area contributed by atoms with E-state index in [9.17, 15) is 9.59 Å². The molecule has 1 aliphatic rings. The summed E-state index contributed by atoms with van der Waals surface area (Å²) in [5.74, 6) is -0.136. The molecule has 1 atom stereocenters. The van der Waals surface area contributed by atoms with Gasteiger partial charge in [0.2, 0.25) is 0 Å². The standard InChI is InChI=1S/C21H21BrN2O3S/c1-14-3-5-16(6-4-14)19-11-18(15-7-9-17(22)10-8-15)23-24(19)20(25)12-28-13-21(26)27-2/h3-10,19H,11-13H2,1-2H3/t19-/m0/s1. The van der Waals surface area contributed by atoms with Crippen LogP contribution in [-0.4, -0.2) is 41.2 Å². The molecule has 0 fully saturated rings. The molecular weight excluding hydrogens is 440 g/mol. The van der Waals surface area contributed by atoms with E-state index in [0.717, 1.165) is 21.3 Å². The molecule has 1 aliphatic heterocycles. The van der Waals surface area contributed by atoms with Crippen LogP contribution in [0.25, 0.3) is 0 Å². The van der Waals surface area contributed by atoms with E-state index in [0.29, 0.717) is 6.42 Å². The zero-order valence-electron chi connectivity index (χ0n) is 15.7. The number of nitrogens with zero attached hydrogens (tertiary/aromatic N) is 2. The number of rotatable bonds is 6. The summed E-state index contributed by atoms with van der Waals surface area (Å²) in [5, 5.41) is 6.20. The fraction of sp³-hybridized carbons (Fsp3) is 0.286. The van der Waals surface area contributed by atoms with Crippen molar-refractivity contribution in [3.8, 4) is 0 Å². The van der Waals surface area contributed by atoms with E-state index >= 15 is 0 Å². The minimum atomic E-state index is -0.339. The molecular formula is C21H21BrN2O3S. The second-order valence-corrected chi connectivity index (χ2v) is 8.39. The van der Waals surface area contributed by atoms with E-state index < -0.39 is 0 Å². The van der Waals surface area contributed by atoms with Crippen molar-refractivity contribution >= 4 is 45.3 Å². The SMILES string of the molecule is COC(=O)CSCC(=O)N1N=C(c2ccc(Br)cc2)C[C@H]1c1ccc(C)cc1. The number of benzene rings is 2. The van der Waals surface area contributed by atoms with Gasteiger partial charge < -0.3 is 4.74 Å². The van der Waals surface area contributed by atoms with Gasteiger partial charge in [-0.05, 0) is 30.2 Å². The van der Waals surface area contributed by atoms with Crippen LogP contribution in [0, 0.1) is 6.92 Å². The molecule has 1 heterocycles. The normalized spacial score (nSPS) is 16.0. The van der Waals surface area contributed by atoms with Gasteiger partial charge in [0.1, 0.15) is 0 Å². The van der Waals surface area contributed by atoms with Crippen molar-refractivity contribution in [2.45, 2.75) is 19.4 Å². The second-order valence-electron chi connectivity index (χ2n) is 6.49. The van der Waals surface area contributed by atoms with Gasteiger partial charge in [-0.1, -0.05) is 57.9 Å². The third-order valence-corrected chi connectivity index (χ3v) is 5.90.